The van der Waals surface area contributed by atoms with Crippen LogP contribution in [0.1, 0.15) is 48.5 Å². The van der Waals surface area contributed by atoms with Crippen molar-refractivity contribution in [2.45, 2.75) is 96.8 Å². The molecule has 0 radical (unpaired) electrons. The Labute approximate surface area is 249 Å². The number of carboxylic acids is 1. The molecule has 0 aromatic heterocycles. The number of nitrogens with two attached hydrogens (primary N) is 1. The highest BCUT2D eigenvalue weighted by Crippen LogP contribution is 1.95. The van der Waals surface area contributed by atoms with Gasteiger partial charge in [0.05, 0.1) is 6.04 Å². The highest BCUT2D eigenvalue weighted by Gasteiger charge is 2.28. The Bertz CT molecular complexity index is 1040. The minimum absolute atomic E-state index is 0.0734. The van der Waals surface area contributed by atoms with Crippen LogP contribution in [-0.2, 0) is 38.4 Å². The molecular formula is C24H42N8O9S. The van der Waals surface area contributed by atoms with E-state index in [0.29, 0.717) is 0 Å². The molecule has 10 N–H and O–H groups in total. The Morgan fingerprint density at radius 1 is 0.476 bits per heavy atom. The molecule has 7 amide bonds. The number of thiol groups is 1. The van der Waals surface area contributed by atoms with Gasteiger partial charge in [0.15, 0.2) is 0 Å². The molecule has 0 aliphatic rings. The second kappa shape index (κ2) is 17.8. The van der Waals surface area contributed by atoms with Crippen molar-refractivity contribution in [3.8, 4) is 0 Å². The zero-order valence-corrected chi connectivity index (χ0v) is 25.5. The number of nitrogens with one attached hydrogen (secondary N) is 7. The van der Waals surface area contributed by atoms with Crippen molar-refractivity contribution < 1.29 is 43.5 Å². The number of amides is 7. The topological polar surface area (TPSA) is 267 Å². The second-order valence-corrected chi connectivity index (χ2v) is 10.1. The third-order valence-electron chi connectivity index (χ3n) is 5.77. The predicted molar refractivity (Wildman–Crippen MR) is 153 cm³/mol. The lowest BCUT2D eigenvalue weighted by molar-refractivity contribution is -0.141. The van der Waals surface area contributed by atoms with E-state index >= 15 is 0 Å². The van der Waals surface area contributed by atoms with Crippen molar-refractivity contribution >= 4 is 59.9 Å². The van der Waals surface area contributed by atoms with E-state index in [9.17, 15) is 38.4 Å². The first-order valence-electron chi connectivity index (χ1n) is 13.0. The molecule has 0 aliphatic heterocycles. The van der Waals surface area contributed by atoms with Crippen molar-refractivity contribution in [1.29, 1.82) is 0 Å². The Kier molecular flexibility index (Phi) is 16.1. The summed E-state index contributed by atoms with van der Waals surface area (Å²) >= 11 is 3.91. The van der Waals surface area contributed by atoms with Crippen molar-refractivity contribution in [3.05, 3.63) is 0 Å². The van der Waals surface area contributed by atoms with Crippen LogP contribution in [0.15, 0.2) is 0 Å². The minimum Gasteiger partial charge on any atom is -0.480 e. The third kappa shape index (κ3) is 13.2. The highest BCUT2D eigenvalue weighted by atomic mass is 32.1. The number of hydrogen-bond donors (Lipinski definition) is 10. The van der Waals surface area contributed by atoms with Gasteiger partial charge in [0.2, 0.25) is 41.4 Å². The minimum atomic E-state index is -1.25. The zero-order chi connectivity index (χ0) is 32.9. The first-order valence-corrected chi connectivity index (χ1v) is 13.7. The van der Waals surface area contributed by atoms with Crippen LogP contribution in [-0.4, -0.2) is 107 Å². The van der Waals surface area contributed by atoms with Crippen LogP contribution in [0, 0.1) is 0 Å². The summed E-state index contributed by atoms with van der Waals surface area (Å²) in [5.74, 6) is -6.09. The summed E-state index contributed by atoms with van der Waals surface area (Å²) in [6, 6.07) is -8.62. The van der Waals surface area contributed by atoms with Gasteiger partial charge in [0.25, 0.3) is 0 Å². The fraction of sp³-hybridized carbons (Fsp3) is 0.667. The molecule has 0 unspecified atom stereocenters. The summed E-state index contributed by atoms with van der Waals surface area (Å²) in [5, 5.41) is 25.3. The Hall–Kier alpha value is -3.93. The summed E-state index contributed by atoms with van der Waals surface area (Å²) < 4.78 is 0. The first-order chi connectivity index (χ1) is 19.3. The molecule has 238 valence electrons. The molecule has 17 nitrogen and oxygen atoms in total. The maximum atomic E-state index is 12.5. The summed E-state index contributed by atoms with van der Waals surface area (Å²) in [5.41, 5.74) is 5.54. The van der Waals surface area contributed by atoms with Gasteiger partial charge in [-0.2, -0.15) is 12.6 Å². The number of hydrogen-bond acceptors (Lipinski definition) is 10. The number of aliphatic carboxylic acids is 1. The van der Waals surface area contributed by atoms with E-state index in [4.69, 9.17) is 10.8 Å². The zero-order valence-electron chi connectivity index (χ0n) is 24.6. The number of carbonyl (C=O) groups is 8. The van der Waals surface area contributed by atoms with Gasteiger partial charge in [0, 0.05) is 5.75 Å². The van der Waals surface area contributed by atoms with Crippen LogP contribution in [0.2, 0.25) is 0 Å². The monoisotopic (exact) mass is 618 g/mol. The maximum Gasteiger partial charge on any atom is 0.325 e. The van der Waals surface area contributed by atoms with Gasteiger partial charge in [-0.3, -0.25) is 38.4 Å². The molecule has 0 aliphatic carbocycles. The van der Waals surface area contributed by atoms with Crippen molar-refractivity contribution in [2.75, 3.05) is 5.75 Å². The van der Waals surface area contributed by atoms with Crippen LogP contribution in [0.5, 0.6) is 0 Å². The number of rotatable bonds is 16. The van der Waals surface area contributed by atoms with E-state index in [1.807, 2.05) is 0 Å². The average Bonchev–Trinajstić information content (AvgIpc) is 2.91. The third-order valence-corrected chi connectivity index (χ3v) is 6.17. The van der Waals surface area contributed by atoms with Crippen LogP contribution in [0.25, 0.3) is 0 Å². The van der Waals surface area contributed by atoms with Crippen molar-refractivity contribution in [2.24, 2.45) is 5.73 Å². The molecule has 18 heteroatoms. The maximum absolute atomic E-state index is 12.5. The van der Waals surface area contributed by atoms with Gasteiger partial charge in [0.1, 0.15) is 42.3 Å². The van der Waals surface area contributed by atoms with E-state index in [1.54, 1.807) is 0 Å². The molecule has 0 bridgehead atoms. The van der Waals surface area contributed by atoms with Crippen molar-refractivity contribution in [1.82, 2.24) is 37.2 Å². The van der Waals surface area contributed by atoms with E-state index in [0.717, 1.165) is 0 Å². The summed E-state index contributed by atoms with van der Waals surface area (Å²) in [6.07, 6.45) is 0. The molecule has 0 aromatic carbocycles. The highest BCUT2D eigenvalue weighted by molar-refractivity contribution is 7.80. The van der Waals surface area contributed by atoms with Gasteiger partial charge in [-0.15, -0.1) is 0 Å². The SMILES string of the molecule is C[C@H](NC(=O)[C@H](C)NC(=O)[C@H](C)NC(=O)[C@H](C)NC(=O)[C@H](C)NC(=O)[C@H](C)NC(=O)[C@H](C)NC(=O)[C@@H](N)CS)C(=O)O. The largest absolute Gasteiger partial charge is 0.480 e. The first kappa shape index (κ1) is 38.1. The van der Waals surface area contributed by atoms with E-state index < -0.39 is 95.7 Å². The molecule has 0 fully saturated rings. The van der Waals surface area contributed by atoms with Crippen LogP contribution in [0.3, 0.4) is 0 Å². The van der Waals surface area contributed by atoms with Crippen LogP contribution >= 0.6 is 12.6 Å². The molecule has 8 atom stereocenters. The molecule has 0 rings (SSSR count). The molecule has 0 saturated heterocycles. The smallest absolute Gasteiger partial charge is 0.325 e. The van der Waals surface area contributed by atoms with Gasteiger partial charge < -0.3 is 48.1 Å². The fourth-order valence-electron chi connectivity index (χ4n) is 2.89. The van der Waals surface area contributed by atoms with E-state index in [1.165, 1.54) is 48.5 Å². The standard InChI is InChI=1S/C24H42N8O9S/c1-9(18(34)28-11(3)20(36)30-13(5)22(38)32-15(7)24(40)41)26-17(33)10(2)27-19(35)12(4)29-21(37)14(6)31-23(39)16(25)8-42/h9-16,42H,8,25H2,1-7H3,(H,26,33)(H,27,35)(H,28,34)(H,29,37)(H,30,36)(H,31,39)(H,32,38)(H,40,41)/t9-,10-,11-,12-,13-,14-,15-,16-/m0/s1. The quantitative estimate of drug-likeness (QED) is 0.0746. The molecule has 0 heterocycles. The van der Waals surface area contributed by atoms with Gasteiger partial charge >= 0.3 is 5.97 Å². The van der Waals surface area contributed by atoms with Crippen LogP contribution in [0.4, 0.5) is 0 Å². The molecular weight excluding hydrogens is 576 g/mol. The second-order valence-electron chi connectivity index (χ2n) is 9.74. The van der Waals surface area contributed by atoms with Crippen LogP contribution < -0.4 is 43.0 Å². The predicted octanol–water partition coefficient (Wildman–Crippen LogP) is -4.14. The lowest BCUT2D eigenvalue weighted by Crippen LogP contribution is -2.58. The summed E-state index contributed by atoms with van der Waals surface area (Å²) in [6.45, 7) is 9.38. The lowest BCUT2D eigenvalue weighted by atomic mass is 10.2. The Morgan fingerprint density at radius 2 is 0.667 bits per heavy atom. The normalized spacial score (nSPS) is 16.4. The summed E-state index contributed by atoms with van der Waals surface area (Å²) in [4.78, 5) is 96.8. The van der Waals surface area contributed by atoms with Gasteiger partial charge in [-0.05, 0) is 48.5 Å². The molecule has 0 aromatic rings. The summed E-state index contributed by atoms with van der Waals surface area (Å²) in [7, 11) is 0. The van der Waals surface area contributed by atoms with E-state index in [2.05, 4.69) is 49.8 Å². The Morgan fingerprint density at radius 3 is 0.857 bits per heavy atom. The number of carbonyl (C=O) groups excluding carboxylic acids is 7. The number of carboxylic acid groups (broad SMARTS) is 1. The molecule has 0 saturated carbocycles. The van der Waals surface area contributed by atoms with Gasteiger partial charge in [-0.25, -0.2) is 0 Å². The lowest BCUT2D eigenvalue weighted by Gasteiger charge is -2.23. The van der Waals surface area contributed by atoms with Gasteiger partial charge in [-0.1, -0.05) is 0 Å². The average molecular weight is 619 g/mol. The van der Waals surface area contributed by atoms with E-state index in [-0.39, 0.29) is 5.75 Å². The van der Waals surface area contributed by atoms with Crippen molar-refractivity contribution in [3.63, 3.8) is 0 Å². The fourth-order valence-corrected chi connectivity index (χ4v) is 3.05. The molecule has 42 heavy (non-hydrogen) atoms. The molecule has 0 spiro atoms. The Balaban J connectivity index is 4.77.